The number of benzene rings is 2. The third-order valence-corrected chi connectivity index (χ3v) is 7.77. The lowest BCUT2D eigenvalue weighted by Gasteiger charge is -2.36. The normalized spacial score (nSPS) is 21.3. The van der Waals surface area contributed by atoms with E-state index in [0.29, 0.717) is 42.2 Å². The van der Waals surface area contributed by atoms with Crippen LogP contribution in [0.15, 0.2) is 63.6 Å². The minimum atomic E-state index is -0.669. The molecule has 0 saturated carbocycles. The van der Waals surface area contributed by atoms with E-state index in [2.05, 4.69) is 0 Å². The molecule has 0 fully saturated rings. The van der Waals surface area contributed by atoms with Gasteiger partial charge >= 0.3 is 5.97 Å². The van der Waals surface area contributed by atoms with Gasteiger partial charge in [-0.2, -0.15) is 0 Å². The Hall–Kier alpha value is -3.10. The van der Waals surface area contributed by atoms with E-state index in [9.17, 15) is 9.59 Å². The molecule has 8 heteroatoms. The van der Waals surface area contributed by atoms with E-state index in [-0.39, 0.29) is 18.3 Å². The number of ketones is 1. The molecule has 0 bridgehead atoms. The number of aliphatic imine (C=N–C) groups is 1. The van der Waals surface area contributed by atoms with Crippen LogP contribution in [0.5, 0.6) is 11.5 Å². The molecule has 3 atom stereocenters. The number of thioether (sulfide) groups is 1. The summed E-state index contributed by atoms with van der Waals surface area (Å²) in [4.78, 5) is 33.0. The van der Waals surface area contributed by atoms with Crippen molar-refractivity contribution >= 4 is 29.2 Å². The van der Waals surface area contributed by atoms with Gasteiger partial charge in [0.15, 0.2) is 17.3 Å². The van der Waals surface area contributed by atoms with Gasteiger partial charge in [0, 0.05) is 41.3 Å². The van der Waals surface area contributed by atoms with Crippen LogP contribution in [0.2, 0.25) is 0 Å². The van der Waals surface area contributed by atoms with Gasteiger partial charge in [-0.15, -0.1) is 11.8 Å². The van der Waals surface area contributed by atoms with E-state index in [0.717, 1.165) is 21.7 Å². The van der Waals surface area contributed by atoms with Gasteiger partial charge in [-0.05, 0) is 60.9 Å². The van der Waals surface area contributed by atoms with Crippen molar-refractivity contribution in [2.24, 2.45) is 10.9 Å². The number of allylic oxidation sites excluding steroid dienone is 2. The summed E-state index contributed by atoms with van der Waals surface area (Å²) in [5, 5.41) is 0. The van der Waals surface area contributed by atoms with Crippen molar-refractivity contribution in [3.05, 3.63) is 64.9 Å². The first-order chi connectivity index (χ1) is 17.9. The molecule has 7 nitrogen and oxygen atoms in total. The molecule has 2 aliphatic rings. The summed E-state index contributed by atoms with van der Waals surface area (Å²) >= 11 is 1.64. The van der Waals surface area contributed by atoms with Gasteiger partial charge in [-0.1, -0.05) is 18.2 Å². The Kier molecular flexibility index (Phi) is 8.71. The predicted octanol–water partition coefficient (Wildman–Crippen LogP) is 5.19. The van der Waals surface area contributed by atoms with Crippen molar-refractivity contribution in [2.45, 2.75) is 36.5 Å². The average molecular weight is 524 g/mol. The first-order valence-electron chi connectivity index (χ1n) is 12.2. The summed E-state index contributed by atoms with van der Waals surface area (Å²) in [5.74, 6) is -0.281. The lowest BCUT2D eigenvalue weighted by atomic mass is 9.69. The zero-order chi connectivity index (χ0) is 26.5. The lowest BCUT2D eigenvalue weighted by Crippen LogP contribution is -2.38. The van der Waals surface area contributed by atoms with Crippen LogP contribution >= 0.6 is 11.8 Å². The van der Waals surface area contributed by atoms with Gasteiger partial charge in [-0.25, -0.2) is 0 Å². The van der Waals surface area contributed by atoms with E-state index >= 15 is 0 Å². The topological polar surface area (TPSA) is 83.4 Å². The van der Waals surface area contributed by atoms with Crippen LogP contribution in [-0.2, 0) is 19.1 Å². The highest BCUT2D eigenvalue weighted by Crippen LogP contribution is 2.47. The van der Waals surface area contributed by atoms with Crippen LogP contribution in [0, 0.1) is 5.92 Å². The Morgan fingerprint density at radius 1 is 0.973 bits per heavy atom. The molecule has 1 aliphatic carbocycles. The monoisotopic (exact) mass is 523 g/mol. The number of methoxy groups -OCH3 is 3. The Bertz CT molecular complexity index is 1220. The minimum absolute atomic E-state index is 0.00548. The smallest absolute Gasteiger partial charge is 0.315 e. The number of nitrogens with zero attached hydrogens (tertiary/aromatic N) is 1. The third kappa shape index (κ3) is 5.60. The molecule has 0 N–H and O–H groups in total. The Balaban J connectivity index is 1.73. The first-order valence-corrected chi connectivity index (χ1v) is 13.5. The number of rotatable bonds is 9. The standard InChI is InChI=1S/C29H33NO6S/c1-17-26(29(32)36-13-12-33-2)27(18-6-9-21(37-5)10-7-18)28-22(30-17)14-20(15-23(28)31)19-8-11-24(34-3)25(16-19)35-4/h6-11,16,20,26-27H,12-15H2,1-5H3/t20-,26?,27+/m1/s1. The molecule has 2 aromatic carbocycles. The fourth-order valence-corrected chi connectivity index (χ4v) is 5.60. The number of Topliss-reactive ketones (excluding diaryl/α,β-unsaturated/α-hetero) is 1. The Morgan fingerprint density at radius 3 is 2.32 bits per heavy atom. The lowest BCUT2D eigenvalue weighted by molar-refractivity contribution is -0.147. The van der Waals surface area contributed by atoms with Crippen LogP contribution in [-0.4, -0.2) is 58.3 Å². The van der Waals surface area contributed by atoms with E-state index in [1.165, 1.54) is 0 Å². The number of hydrogen-bond donors (Lipinski definition) is 0. The van der Waals surface area contributed by atoms with Crippen LogP contribution in [0.3, 0.4) is 0 Å². The number of carbonyl (C=O) groups excluding carboxylic acids is 2. The second kappa shape index (κ2) is 12.0. The molecule has 2 aromatic rings. The van der Waals surface area contributed by atoms with Crippen LogP contribution in [0.1, 0.15) is 42.7 Å². The highest BCUT2D eigenvalue weighted by molar-refractivity contribution is 7.98. The zero-order valence-electron chi connectivity index (χ0n) is 21.9. The van der Waals surface area contributed by atoms with Crippen molar-refractivity contribution in [3.8, 4) is 11.5 Å². The second-order valence-electron chi connectivity index (χ2n) is 9.15. The fraction of sp³-hybridized carbons (Fsp3) is 0.414. The molecule has 0 saturated heterocycles. The molecule has 1 heterocycles. The summed E-state index contributed by atoms with van der Waals surface area (Å²) < 4.78 is 21.4. The van der Waals surface area contributed by atoms with Gasteiger partial charge in [0.2, 0.25) is 0 Å². The van der Waals surface area contributed by atoms with Crippen LogP contribution < -0.4 is 9.47 Å². The maximum absolute atomic E-state index is 13.8. The molecule has 37 heavy (non-hydrogen) atoms. The number of carbonyl (C=O) groups is 2. The molecule has 1 unspecified atom stereocenters. The van der Waals surface area contributed by atoms with Gasteiger partial charge in [0.05, 0.1) is 20.8 Å². The summed E-state index contributed by atoms with van der Waals surface area (Å²) in [5.41, 5.74) is 3.92. The Labute approximate surface area is 222 Å². The van der Waals surface area contributed by atoms with Crippen molar-refractivity contribution in [1.82, 2.24) is 0 Å². The second-order valence-corrected chi connectivity index (χ2v) is 10.0. The van der Waals surface area contributed by atoms with Gasteiger partial charge in [-0.3, -0.25) is 14.6 Å². The summed E-state index contributed by atoms with van der Waals surface area (Å²) in [6, 6.07) is 13.8. The van der Waals surface area contributed by atoms with Crippen molar-refractivity contribution in [2.75, 3.05) is 40.8 Å². The van der Waals surface area contributed by atoms with Gasteiger partial charge < -0.3 is 18.9 Å². The summed E-state index contributed by atoms with van der Waals surface area (Å²) in [6.45, 7) is 2.31. The largest absolute Gasteiger partial charge is 0.493 e. The quantitative estimate of drug-likeness (QED) is 0.254. The average Bonchev–Trinajstić information content (AvgIpc) is 2.91. The SMILES string of the molecule is COCCOC(=O)C1C(C)=NC2=C(C(=O)C[C@H](c3ccc(OC)c(OC)c3)C2)[C@H]1c1ccc(SC)cc1. The van der Waals surface area contributed by atoms with Crippen LogP contribution in [0.25, 0.3) is 0 Å². The minimum Gasteiger partial charge on any atom is -0.493 e. The predicted molar refractivity (Wildman–Crippen MR) is 144 cm³/mol. The third-order valence-electron chi connectivity index (χ3n) is 7.03. The molecular weight excluding hydrogens is 490 g/mol. The van der Waals surface area contributed by atoms with Crippen molar-refractivity contribution < 1.29 is 28.5 Å². The number of ether oxygens (including phenoxy) is 4. The number of esters is 1. The molecule has 0 spiro atoms. The van der Waals surface area contributed by atoms with Crippen molar-refractivity contribution in [1.29, 1.82) is 0 Å². The first kappa shape index (κ1) is 26.9. The maximum atomic E-state index is 13.8. The highest BCUT2D eigenvalue weighted by Gasteiger charge is 2.44. The molecule has 4 rings (SSSR count). The van der Waals surface area contributed by atoms with Crippen LogP contribution in [0.4, 0.5) is 0 Å². The molecule has 0 radical (unpaired) electrons. The van der Waals surface area contributed by atoms with E-state index < -0.39 is 17.8 Å². The van der Waals surface area contributed by atoms with E-state index in [4.69, 9.17) is 23.9 Å². The molecular formula is C29H33NO6S. The Morgan fingerprint density at radius 2 is 1.68 bits per heavy atom. The highest BCUT2D eigenvalue weighted by atomic mass is 32.2. The number of hydrogen-bond acceptors (Lipinski definition) is 8. The van der Waals surface area contributed by atoms with Crippen molar-refractivity contribution in [3.63, 3.8) is 0 Å². The molecule has 0 amide bonds. The molecule has 0 aromatic heterocycles. The summed E-state index contributed by atoms with van der Waals surface area (Å²) in [6.07, 6.45) is 2.94. The molecule has 1 aliphatic heterocycles. The van der Waals surface area contributed by atoms with Gasteiger partial charge in [0.1, 0.15) is 12.5 Å². The van der Waals surface area contributed by atoms with E-state index in [1.807, 2.05) is 55.6 Å². The van der Waals surface area contributed by atoms with E-state index in [1.54, 1.807) is 33.1 Å². The molecule has 196 valence electrons. The summed E-state index contributed by atoms with van der Waals surface area (Å²) in [7, 11) is 4.76. The maximum Gasteiger partial charge on any atom is 0.315 e. The fourth-order valence-electron chi connectivity index (χ4n) is 5.19. The van der Waals surface area contributed by atoms with Gasteiger partial charge in [0.25, 0.3) is 0 Å². The zero-order valence-corrected chi connectivity index (χ0v) is 22.7.